The molecule has 0 bridgehead atoms. The lowest BCUT2D eigenvalue weighted by molar-refractivity contribution is 0.638. The van der Waals surface area contributed by atoms with Crippen LogP contribution in [0.25, 0.3) is 0 Å². The molecule has 0 aromatic heterocycles. The summed E-state index contributed by atoms with van der Waals surface area (Å²) >= 11 is 0. The summed E-state index contributed by atoms with van der Waals surface area (Å²) in [6.45, 7) is 6.44. The van der Waals surface area contributed by atoms with E-state index in [9.17, 15) is 4.21 Å². The van der Waals surface area contributed by atoms with Gasteiger partial charge in [-0.1, -0.05) is 29.8 Å². The molecule has 0 heterocycles. The molecule has 1 aliphatic rings. The third-order valence-corrected chi connectivity index (χ3v) is 8.50. The van der Waals surface area contributed by atoms with Crippen LogP contribution in [0.15, 0.2) is 0 Å². The molecule has 0 amide bonds. The summed E-state index contributed by atoms with van der Waals surface area (Å²) in [6, 6.07) is 0. The molecule has 2 heteroatoms. The standard InChI is InChI=1S/C10H22OS/c1-5-12(4,11,8-9(2)3)10-6-7-10/h9-10H,5-8H2,1-4H3. The lowest BCUT2D eigenvalue weighted by Gasteiger charge is -2.39. The van der Waals surface area contributed by atoms with Crippen molar-refractivity contribution in [3.05, 3.63) is 0 Å². The minimum absolute atomic E-state index is 0.564. The molecule has 12 heavy (non-hydrogen) atoms. The molecule has 0 aromatic rings. The topological polar surface area (TPSA) is 17.1 Å². The maximum atomic E-state index is 12.7. The van der Waals surface area contributed by atoms with Crippen LogP contribution in [0.5, 0.6) is 0 Å². The van der Waals surface area contributed by atoms with E-state index in [1.54, 1.807) is 0 Å². The van der Waals surface area contributed by atoms with Crippen LogP contribution in [0.2, 0.25) is 0 Å². The predicted octanol–water partition coefficient (Wildman–Crippen LogP) is 2.27. The van der Waals surface area contributed by atoms with Crippen molar-refractivity contribution in [1.29, 1.82) is 0 Å². The molecular weight excluding hydrogens is 168 g/mol. The molecule has 0 spiro atoms. The summed E-state index contributed by atoms with van der Waals surface area (Å²) in [6.07, 6.45) is 4.47. The van der Waals surface area contributed by atoms with Gasteiger partial charge in [-0.3, -0.25) is 4.21 Å². The van der Waals surface area contributed by atoms with Gasteiger partial charge in [0, 0.05) is 16.8 Å². The summed E-state index contributed by atoms with van der Waals surface area (Å²) in [4.78, 5) is 0. The van der Waals surface area contributed by atoms with Gasteiger partial charge in [0.2, 0.25) is 0 Å². The van der Waals surface area contributed by atoms with Crippen molar-refractivity contribution in [2.75, 3.05) is 17.8 Å². The molecule has 1 rings (SSSR count). The first-order valence-electron chi connectivity index (χ1n) is 4.97. The van der Waals surface area contributed by atoms with Gasteiger partial charge < -0.3 is 0 Å². The molecule has 0 N–H and O–H groups in total. The Morgan fingerprint density at radius 2 is 1.92 bits per heavy atom. The first-order valence-corrected chi connectivity index (χ1v) is 7.75. The van der Waals surface area contributed by atoms with Gasteiger partial charge in [0.1, 0.15) is 0 Å². The Labute approximate surface area is 76.3 Å². The summed E-state index contributed by atoms with van der Waals surface area (Å²) in [5.41, 5.74) is 0. The molecule has 0 aliphatic heterocycles. The van der Waals surface area contributed by atoms with Crippen LogP contribution in [0.1, 0.15) is 33.6 Å². The highest BCUT2D eigenvalue weighted by molar-refractivity contribution is 8.20. The van der Waals surface area contributed by atoms with Gasteiger partial charge in [0.25, 0.3) is 0 Å². The Bertz CT molecular complexity index is 228. The smallest absolute Gasteiger partial charge is 0.0149 e. The van der Waals surface area contributed by atoms with E-state index in [2.05, 4.69) is 27.0 Å². The first kappa shape index (κ1) is 10.2. The van der Waals surface area contributed by atoms with Crippen molar-refractivity contribution in [3.8, 4) is 0 Å². The molecule has 0 aromatic carbocycles. The average molecular weight is 190 g/mol. The van der Waals surface area contributed by atoms with Gasteiger partial charge in [-0.25, -0.2) is 0 Å². The largest absolute Gasteiger partial charge is 0.282 e. The number of rotatable bonds is 4. The van der Waals surface area contributed by atoms with Crippen molar-refractivity contribution < 1.29 is 4.21 Å². The van der Waals surface area contributed by atoms with E-state index in [-0.39, 0.29) is 0 Å². The van der Waals surface area contributed by atoms with Crippen LogP contribution in [-0.2, 0) is 9.07 Å². The van der Waals surface area contributed by atoms with E-state index in [0.29, 0.717) is 11.2 Å². The highest BCUT2D eigenvalue weighted by atomic mass is 32.3. The Morgan fingerprint density at radius 3 is 2.17 bits per heavy atom. The number of hydrogen-bond acceptors (Lipinski definition) is 1. The highest BCUT2D eigenvalue weighted by Gasteiger charge is 2.45. The fourth-order valence-corrected chi connectivity index (χ4v) is 6.36. The SMILES string of the molecule is CCS(C)(=O)(CC(C)C)C1CC1. The third-order valence-electron chi connectivity index (χ3n) is 3.02. The zero-order valence-electron chi connectivity index (χ0n) is 8.80. The molecule has 0 unspecified atom stereocenters. The zero-order chi connectivity index (χ0) is 9.43. The van der Waals surface area contributed by atoms with Crippen molar-refractivity contribution in [2.24, 2.45) is 5.92 Å². The second kappa shape index (κ2) is 2.83. The van der Waals surface area contributed by atoms with Crippen molar-refractivity contribution in [2.45, 2.75) is 38.9 Å². The lowest BCUT2D eigenvalue weighted by atomic mass is 10.3. The van der Waals surface area contributed by atoms with Crippen LogP contribution >= 0.6 is 0 Å². The summed E-state index contributed by atoms with van der Waals surface area (Å²) < 4.78 is 12.7. The van der Waals surface area contributed by atoms with Gasteiger partial charge in [0.15, 0.2) is 0 Å². The second-order valence-corrected chi connectivity index (χ2v) is 10.2. The van der Waals surface area contributed by atoms with Gasteiger partial charge in [-0.05, 0) is 25.0 Å². The van der Waals surface area contributed by atoms with Crippen LogP contribution in [-0.4, -0.2) is 27.2 Å². The minimum atomic E-state index is -2.22. The first-order chi connectivity index (χ1) is 5.37. The van der Waals surface area contributed by atoms with Crippen LogP contribution in [0.4, 0.5) is 0 Å². The predicted molar refractivity (Wildman–Crippen MR) is 57.3 cm³/mol. The van der Waals surface area contributed by atoms with Gasteiger partial charge in [0.05, 0.1) is 0 Å². The van der Waals surface area contributed by atoms with Gasteiger partial charge in [-0.2, -0.15) is 0 Å². The molecule has 1 saturated carbocycles. The highest BCUT2D eigenvalue weighted by Crippen LogP contribution is 2.44. The monoisotopic (exact) mass is 190 g/mol. The lowest BCUT2D eigenvalue weighted by Crippen LogP contribution is -2.44. The molecule has 0 radical (unpaired) electrons. The Balaban J connectivity index is 2.79. The van der Waals surface area contributed by atoms with E-state index in [1.165, 1.54) is 12.8 Å². The Hall–Kier alpha value is 0.150. The number of hydrogen-bond donors (Lipinski definition) is 0. The van der Waals surface area contributed by atoms with E-state index < -0.39 is 9.07 Å². The molecule has 1 fully saturated rings. The molecule has 74 valence electrons. The van der Waals surface area contributed by atoms with Gasteiger partial charge >= 0.3 is 0 Å². The summed E-state index contributed by atoms with van der Waals surface area (Å²) in [5.74, 6) is 2.41. The summed E-state index contributed by atoms with van der Waals surface area (Å²) in [7, 11) is -2.22. The maximum absolute atomic E-state index is 12.7. The molecule has 0 atom stereocenters. The van der Waals surface area contributed by atoms with Crippen LogP contribution in [0.3, 0.4) is 0 Å². The van der Waals surface area contributed by atoms with E-state index in [0.717, 1.165) is 11.5 Å². The fourth-order valence-electron chi connectivity index (χ4n) is 2.12. The maximum Gasteiger partial charge on any atom is 0.0149 e. The van der Waals surface area contributed by atoms with Crippen molar-refractivity contribution in [3.63, 3.8) is 0 Å². The third kappa shape index (κ3) is 1.90. The molecule has 1 aliphatic carbocycles. The summed E-state index contributed by atoms with van der Waals surface area (Å²) in [5, 5.41) is 0.564. The van der Waals surface area contributed by atoms with Gasteiger partial charge in [-0.15, -0.1) is 0 Å². The van der Waals surface area contributed by atoms with Crippen molar-refractivity contribution >= 4 is 9.07 Å². The van der Waals surface area contributed by atoms with E-state index in [4.69, 9.17) is 0 Å². The van der Waals surface area contributed by atoms with Crippen LogP contribution < -0.4 is 0 Å². The average Bonchev–Trinajstić information content (AvgIpc) is 2.66. The van der Waals surface area contributed by atoms with Crippen LogP contribution in [0, 0.1) is 5.92 Å². The molecule has 0 saturated heterocycles. The fraction of sp³-hybridized carbons (Fsp3) is 1.00. The Morgan fingerprint density at radius 1 is 1.42 bits per heavy atom. The molecular formula is C10H22OS. The van der Waals surface area contributed by atoms with E-state index >= 15 is 0 Å². The molecule has 1 nitrogen and oxygen atoms in total. The Kier molecular flexibility index (Phi) is 2.41. The normalized spacial score (nSPS) is 22.2. The van der Waals surface area contributed by atoms with E-state index in [1.807, 2.05) is 0 Å². The minimum Gasteiger partial charge on any atom is -0.282 e. The quantitative estimate of drug-likeness (QED) is 0.664. The zero-order valence-corrected chi connectivity index (χ0v) is 9.62. The second-order valence-electron chi connectivity index (χ2n) is 4.90. The van der Waals surface area contributed by atoms with Crippen molar-refractivity contribution in [1.82, 2.24) is 0 Å².